The normalized spacial score (nSPS) is 17.4. The van der Waals surface area contributed by atoms with E-state index in [9.17, 15) is 8.42 Å². The van der Waals surface area contributed by atoms with Crippen molar-refractivity contribution in [3.05, 3.63) is 41.6 Å². The van der Waals surface area contributed by atoms with Crippen LogP contribution in [0.25, 0.3) is 5.65 Å². The van der Waals surface area contributed by atoms with Crippen molar-refractivity contribution in [1.29, 1.82) is 0 Å². The van der Waals surface area contributed by atoms with Gasteiger partial charge in [0.25, 0.3) is 0 Å². The number of aromatic nitrogens is 5. The maximum atomic E-state index is 12.8. The van der Waals surface area contributed by atoms with Gasteiger partial charge in [-0.25, -0.2) is 17.9 Å². The zero-order chi connectivity index (χ0) is 17.6. The Morgan fingerprint density at radius 1 is 1.20 bits per heavy atom. The molecule has 0 amide bonds. The van der Waals surface area contributed by atoms with Crippen molar-refractivity contribution < 1.29 is 8.42 Å². The maximum absolute atomic E-state index is 12.8. The molecule has 0 bridgehead atoms. The largest absolute Gasteiger partial charge is 0.256 e. The fraction of sp³-hybridized carbons (Fsp3) is 0.400. The highest BCUT2D eigenvalue weighted by Crippen LogP contribution is 2.32. The lowest BCUT2D eigenvalue weighted by Gasteiger charge is -2.31. The summed E-state index contributed by atoms with van der Waals surface area (Å²) in [4.78, 5) is 4.21. The number of hydrogen-bond acceptors (Lipinski definition) is 5. The number of aryl methyl sites for hydroxylation is 1. The van der Waals surface area contributed by atoms with Crippen molar-refractivity contribution in [2.75, 3.05) is 13.1 Å². The predicted molar refractivity (Wildman–Crippen MR) is 91.9 cm³/mol. The van der Waals surface area contributed by atoms with Crippen LogP contribution < -0.4 is 0 Å². The lowest BCUT2D eigenvalue weighted by Crippen LogP contribution is -2.38. The summed E-state index contributed by atoms with van der Waals surface area (Å²) < 4.78 is 30.1. The van der Waals surface area contributed by atoms with Crippen LogP contribution in [0.3, 0.4) is 0 Å². The zero-order valence-electron chi connectivity index (χ0n) is 13.6. The quantitative estimate of drug-likeness (QED) is 0.690. The summed E-state index contributed by atoms with van der Waals surface area (Å²) >= 11 is 6.06. The Hall–Kier alpha value is -1.97. The van der Waals surface area contributed by atoms with E-state index in [1.54, 1.807) is 11.6 Å². The van der Waals surface area contributed by atoms with E-state index < -0.39 is 10.0 Å². The molecule has 8 nitrogen and oxygen atoms in total. The molecule has 0 spiro atoms. The molecule has 0 atom stereocenters. The predicted octanol–water partition coefficient (Wildman–Crippen LogP) is 1.68. The van der Waals surface area contributed by atoms with E-state index in [1.807, 2.05) is 18.3 Å². The van der Waals surface area contributed by atoms with E-state index in [2.05, 4.69) is 15.2 Å². The van der Waals surface area contributed by atoms with Gasteiger partial charge in [0.05, 0.1) is 6.20 Å². The van der Waals surface area contributed by atoms with Crippen molar-refractivity contribution in [3.63, 3.8) is 0 Å². The van der Waals surface area contributed by atoms with Crippen LogP contribution in [0.15, 0.2) is 35.7 Å². The molecule has 4 heterocycles. The minimum absolute atomic E-state index is 0.0687. The molecule has 1 aliphatic rings. The molecule has 0 aliphatic carbocycles. The molecule has 132 valence electrons. The number of pyridine rings is 1. The Kier molecular flexibility index (Phi) is 4.01. The summed E-state index contributed by atoms with van der Waals surface area (Å²) in [6, 6.07) is 3.97. The van der Waals surface area contributed by atoms with Gasteiger partial charge in [0.2, 0.25) is 10.0 Å². The van der Waals surface area contributed by atoms with Crippen LogP contribution in [0, 0.1) is 0 Å². The van der Waals surface area contributed by atoms with E-state index in [-0.39, 0.29) is 10.0 Å². The van der Waals surface area contributed by atoms with Crippen molar-refractivity contribution in [3.8, 4) is 0 Å². The van der Waals surface area contributed by atoms with Gasteiger partial charge in [0.15, 0.2) is 5.65 Å². The monoisotopic (exact) mass is 380 g/mol. The number of rotatable bonds is 3. The van der Waals surface area contributed by atoms with Crippen molar-refractivity contribution >= 4 is 27.3 Å². The Bertz CT molecular complexity index is 1020. The fourth-order valence-corrected chi connectivity index (χ4v) is 5.10. The Morgan fingerprint density at radius 3 is 2.64 bits per heavy atom. The van der Waals surface area contributed by atoms with E-state index in [1.165, 1.54) is 21.5 Å². The van der Waals surface area contributed by atoms with Crippen LogP contribution in [0.1, 0.15) is 24.3 Å². The summed E-state index contributed by atoms with van der Waals surface area (Å²) in [5.74, 6) is 0.296. The number of fused-ring (bicyclic) bond motifs is 1. The first kappa shape index (κ1) is 16.5. The zero-order valence-corrected chi connectivity index (χ0v) is 15.2. The molecule has 10 heteroatoms. The van der Waals surface area contributed by atoms with Gasteiger partial charge in [-0.2, -0.15) is 14.5 Å². The van der Waals surface area contributed by atoms with Crippen LogP contribution in [-0.4, -0.2) is 50.2 Å². The first-order chi connectivity index (χ1) is 12.0. The van der Waals surface area contributed by atoms with Gasteiger partial charge < -0.3 is 0 Å². The molecular formula is C15H17ClN6O2S. The summed E-state index contributed by atoms with van der Waals surface area (Å²) in [5.41, 5.74) is 1.95. The summed E-state index contributed by atoms with van der Waals surface area (Å²) in [6.45, 7) is 0.904. The Balaban J connectivity index is 1.52. The molecule has 1 fully saturated rings. The number of nitrogens with zero attached hydrogens (tertiary/aromatic N) is 6. The SMILES string of the molecule is Cn1ncc(S(=O)(=O)N2CCC(c3ccc4ncnn4c3)CC2)c1Cl. The minimum atomic E-state index is -3.61. The van der Waals surface area contributed by atoms with Crippen LogP contribution in [0.4, 0.5) is 0 Å². The number of sulfonamides is 1. The highest BCUT2D eigenvalue weighted by Gasteiger charge is 2.32. The smallest absolute Gasteiger partial charge is 0.247 e. The van der Waals surface area contributed by atoms with Crippen LogP contribution in [0.2, 0.25) is 5.15 Å². The van der Waals surface area contributed by atoms with Crippen LogP contribution in [-0.2, 0) is 17.1 Å². The molecule has 3 aromatic rings. The van der Waals surface area contributed by atoms with Gasteiger partial charge in [-0.15, -0.1) is 0 Å². The van der Waals surface area contributed by atoms with Crippen molar-refractivity contribution in [2.24, 2.45) is 7.05 Å². The topological polar surface area (TPSA) is 85.4 Å². The molecule has 0 N–H and O–H groups in total. The van der Waals surface area contributed by atoms with Gasteiger partial charge in [-0.1, -0.05) is 17.7 Å². The molecule has 0 unspecified atom stereocenters. The number of piperidine rings is 1. The highest BCUT2D eigenvalue weighted by atomic mass is 35.5. The molecule has 3 aromatic heterocycles. The maximum Gasteiger partial charge on any atom is 0.247 e. The lowest BCUT2D eigenvalue weighted by atomic mass is 9.91. The van der Waals surface area contributed by atoms with Crippen LogP contribution >= 0.6 is 11.6 Å². The first-order valence-corrected chi connectivity index (χ1v) is 9.75. The van der Waals surface area contributed by atoms with E-state index in [0.29, 0.717) is 19.0 Å². The highest BCUT2D eigenvalue weighted by molar-refractivity contribution is 7.89. The minimum Gasteiger partial charge on any atom is -0.256 e. The Labute approximate surface area is 150 Å². The fourth-order valence-electron chi connectivity index (χ4n) is 3.22. The second-order valence-electron chi connectivity index (χ2n) is 6.13. The third kappa shape index (κ3) is 2.82. The molecule has 0 radical (unpaired) electrons. The van der Waals surface area contributed by atoms with E-state index >= 15 is 0 Å². The van der Waals surface area contributed by atoms with Crippen LogP contribution in [0.5, 0.6) is 0 Å². The lowest BCUT2D eigenvalue weighted by molar-refractivity contribution is 0.319. The second kappa shape index (κ2) is 6.08. The third-order valence-electron chi connectivity index (χ3n) is 4.68. The van der Waals surface area contributed by atoms with Gasteiger partial charge in [0, 0.05) is 26.3 Å². The third-order valence-corrected chi connectivity index (χ3v) is 7.14. The van der Waals surface area contributed by atoms with Gasteiger partial charge in [-0.3, -0.25) is 4.68 Å². The molecule has 4 rings (SSSR count). The van der Waals surface area contributed by atoms with Gasteiger partial charge in [0.1, 0.15) is 16.4 Å². The first-order valence-electron chi connectivity index (χ1n) is 7.94. The van der Waals surface area contributed by atoms with Crippen molar-refractivity contribution in [1.82, 2.24) is 28.7 Å². The molecule has 1 aliphatic heterocycles. The molecule has 0 saturated carbocycles. The van der Waals surface area contributed by atoms with E-state index in [0.717, 1.165) is 24.1 Å². The average molecular weight is 381 g/mol. The van der Waals surface area contributed by atoms with Gasteiger partial charge >= 0.3 is 0 Å². The standard InChI is InChI=1S/C15H17ClN6O2S/c1-20-15(16)13(8-18-20)25(23,24)21-6-4-11(5-7-21)12-2-3-14-17-10-19-22(14)9-12/h2-3,8-11H,4-7H2,1H3. The number of hydrogen-bond donors (Lipinski definition) is 0. The molecule has 25 heavy (non-hydrogen) atoms. The van der Waals surface area contributed by atoms with E-state index in [4.69, 9.17) is 11.6 Å². The van der Waals surface area contributed by atoms with Gasteiger partial charge in [-0.05, 0) is 30.4 Å². The summed E-state index contributed by atoms with van der Waals surface area (Å²) in [5, 5.41) is 8.22. The Morgan fingerprint density at radius 2 is 1.96 bits per heavy atom. The number of halogens is 1. The second-order valence-corrected chi connectivity index (χ2v) is 8.39. The molecule has 1 saturated heterocycles. The average Bonchev–Trinajstić information content (AvgIpc) is 3.21. The molecule has 0 aromatic carbocycles. The van der Waals surface area contributed by atoms with Crippen molar-refractivity contribution in [2.45, 2.75) is 23.7 Å². The molecular weight excluding hydrogens is 364 g/mol. The summed E-state index contributed by atoms with van der Waals surface area (Å²) in [7, 11) is -1.99. The summed E-state index contributed by atoms with van der Waals surface area (Å²) in [6.07, 6.45) is 6.29.